The van der Waals surface area contributed by atoms with E-state index in [0.29, 0.717) is 31.6 Å². The zero-order valence-electron chi connectivity index (χ0n) is 20.9. The number of rotatable bonds is 12. The smallest absolute Gasteiger partial charge is 0.481 e. The van der Waals surface area contributed by atoms with Crippen LogP contribution >= 0.6 is 11.8 Å². The van der Waals surface area contributed by atoms with Crippen LogP contribution in [0.2, 0.25) is 0 Å². The molecule has 3 rings (SSSR count). The van der Waals surface area contributed by atoms with Crippen LogP contribution in [-0.4, -0.2) is 102 Å². The molecule has 0 bridgehead atoms. The Labute approximate surface area is 223 Å². The lowest BCUT2D eigenvalue weighted by atomic mass is 9.88. The zero-order chi connectivity index (χ0) is 28.7. The maximum Gasteiger partial charge on any atom is 0.503 e. The first-order chi connectivity index (χ1) is 17.9. The van der Waals surface area contributed by atoms with Crippen LogP contribution in [-0.2, 0) is 19.2 Å². The molecule has 216 valence electrons. The van der Waals surface area contributed by atoms with E-state index < -0.39 is 28.7 Å². The quantitative estimate of drug-likeness (QED) is 0.0702. The normalized spacial score (nSPS) is 23.3. The molecule has 0 aromatic rings. The highest BCUT2D eigenvalue weighted by Gasteiger charge is 2.57. The molecule has 0 radical (unpaired) electrons. The molecule has 15 nitrogen and oxygen atoms in total. The average Bonchev–Trinajstić information content (AvgIpc) is 3.48. The van der Waals surface area contributed by atoms with E-state index in [9.17, 15) is 24.0 Å². The van der Waals surface area contributed by atoms with E-state index in [2.05, 4.69) is 16.0 Å². The Hall–Kier alpha value is -3.11. The predicted octanol–water partition coefficient (Wildman–Crippen LogP) is 0.583. The van der Waals surface area contributed by atoms with Crippen molar-refractivity contribution in [2.45, 2.75) is 81.0 Å². The van der Waals surface area contributed by atoms with Crippen LogP contribution in [0.1, 0.15) is 64.2 Å². The summed E-state index contributed by atoms with van der Waals surface area (Å²) in [4.78, 5) is 64.4. The first kappa shape index (κ1) is 32.9. The molecule has 5 amide bonds. The Kier molecular flexibility index (Phi) is 14.4. The van der Waals surface area contributed by atoms with Crippen molar-refractivity contribution < 1.29 is 54.4 Å². The van der Waals surface area contributed by atoms with Gasteiger partial charge in [0.1, 0.15) is 4.75 Å². The number of aliphatic hydroxyl groups is 1. The SMILES string of the molecule is O=C(O)CCCC[C@]1(C(=O)NCCCCCCO)SC[C@@H]2NC(=O)N[C@@H]21.O=C(O)O.O=C1CCC(=O)N1O. The van der Waals surface area contributed by atoms with E-state index >= 15 is 0 Å². The molecule has 3 fully saturated rings. The molecule has 8 N–H and O–H groups in total. The number of amides is 5. The highest BCUT2D eigenvalue weighted by atomic mass is 32.2. The summed E-state index contributed by atoms with van der Waals surface area (Å²) >= 11 is 1.55. The lowest BCUT2D eigenvalue weighted by molar-refractivity contribution is -0.171. The average molecular weight is 565 g/mol. The maximum absolute atomic E-state index is 13.0. The van der Waals surface area contributed by atoms with Crippen molar-refractivity contribution in [3.8, 4) is 0 Å². The molecule has 0 saturated carbocycles. The number of hydrogen-bond donors (Lipinski definition) is 8. The second-order valence-electron chi connectivity index (χ2n) is 8.78. The Morgan fingerprint density at radius 3 is 2.08 bits per heavy atom. The molecule has 0 aliphatic carbocycles. The van der Waals surface area contributed by atoms with E-state index in [0.717, 1.165) is 25.7 Å². The molecule has 3 saturated heterocycles. The van der Waals surface area contributed by atoms with E-state index in [-0.39, 0.29) is 55.0 Å². The number of fused-ring (bicyclic) bond motifs is 1. The van der Waals surface area contributed by atoms with Crippen molar-refractivity contribution >= 4 is 47.6 Å². The Morgan fingerprint density at radius 2 is 1.55 bits per heavy atom. The van der Waals surface area contributed by atoms with Crippen molar-refractivity contribution in [2.75, 3.05) is 18.9 Å². The maximum atomic E-state index is 13.0. The van der Waals surface area contributed by atoms with Gasteiger partial charge < -0.3 is 36.4 Å². The van der Waals surface area contributed by atoms with Gasteiger partial charge in [0.15, 0.2) is 0 Å². The first-order valence-electron chi connectivity index (χ1n) is 12.2. The molecule has 38 heavy (non-hydrogen) atoms. The minimum Gasteiger partial charge on any atom is -0.481 e. The lowest BCUT2D eigenvalue weighted by Gasteiger charge is -2.32. The second-order valence-corrected chi connectivity index (χ2v) is 10.1. The second kappa shape index (κ2) is 16.7. The third-order valence-electron chi connectivity index (χ3n) is 6.00. The Bertz CT molecular complexity index is 839. The van der Waals surface area contributed by atoms with Gasteiger partial charge in [0.2, 0.25) is 5.91 Å². The Balaban J connectivity index is 0.000000495. The fourth-order valence-corrected chi connectivity index (χ4v) is 5.81. The summed E-state index contributed by atoms with van der Waals surface area (Å²) in [6, 6.07) is -0.575. The number of thioether (sulfide) groups is 1. The molecular formula is C22H36N4O11S. The number of carbonyl (C=O) groups excluding carboxylic acids is 4. The number of imide groups is 1. The van der Waals surface area contributed by atoms with Crippen LogP contribution in [0.4, 0.5) is 9.59 Å². The number of unbranched alkanes of at least 4 members (excludes halogenated alkanes) is 4. The zero-order valence-corrected chi connectivity index (χ0v) is 21.7. The van der Waals surface area contributed by atoms with Crippen molar-refractivity contribution in [2.24, 2.45) is 0 Å². The van der Waals surface area contributed by atoms with Gasteiger partial charge in [0.25, 0.3) is 11.8 Å². The van der Waals surface area contributed by atoms with Gasteiger partial charge in [-0.05, 0) is 25.7 Å². The molecule has 0 unspecified atom stereocenters. The van der Waals surface area contributed by atoms with E-state index in [4.69, 9.17) is 30.4 Å². The highest BCUT2D eigenvalue weighted by Crippen LogP contribution is 2.44. The van der Waals surface area contributed by atoms with E-state index in [1.165, 1.54) is 0 Å². The third kappa shape index (κ3) is 10.7. The summed E-state index contributed by atoms with van der Waals surface area (Å²) in [5, 5.41) is 48.8. The molecule has 0 spiro atoms. The number of nitrogens with zero attached hydrogens (tertiary/aromatic N) is 1. The highest BCUT2D eigenvalue weighted by molar-refractivity contribution is 8.01. The predicted molar refractivity (Wildman–Crippen MR) is 133 cm³/mol. The summed E-state index contributed by atoms with van der Waals surface area (Å²) in [6.45, 7) is 0.763. The number of hydroxylamine groups is 2. The molecule has 0 aromatic heterocycles. The fraction of sp³-hybridized carbons (Fsp3) is 0.727. The first-order valence-corrected chi connectivity index (χ1v) is 13.2. The number of carboxylic acids is 1. The van der Waals surface area contributed by atoms with Gasteiger partial charge in [0.05, 0.1) is 12.1 Å². The summed E-state index contributed by atoms with van der Waals surface area (Å²) in [7, 11) is 0. The molecule has 3 atom stereocenters. The summed E-state index contributed by atoms with van der Waals surface area (Å²) in [5.41, 5.74) is 0. The van der Waals surface area contributed by atoms with Gasteiger partial charge in [-0.2, -0.15) is 5.06 Å². The molecule has 0 aromatic carbocycles. The van der Waals surface area contributed by atoms with Crippen LogP contribution in [0.5, 0.6) is 0 Å². The number of hydrogen-bond acceptors (Lipinski definition) is 9. The minimum absolute atomic E-state index is 0.0673. The van der Waals surface area contributed by atoms with Crippen LogP contribution in [0, 0.1) is 0 Å². The molecule has 3 heterocycles. The van der Waals surface area contributed by atoms with Crippen molar-refractivity contribution in [3.05, 3.63) is 0 Å². The summed E-state index contributed by atoms with van der Waals surface area (Å²) in [5.74, 6) is -1.24. The number of carboxylic acid groups (broad SMARTS) is 3. The topological polar surface area (TPSA) is 243 Å². The van der Waals surface area contributed by atoms with Gasteiger partial charge in [-0.25, -0.2) is 9.59 Å². The standard InChI is InChI=1S/C17H29N3O5S.C4H5NO3.CH2O3/c21-10-6-2-1-5-9-18-15(24)17(8-4-3-7-13(22)23)14-12(11-26-17)19-16(25)20-14;6-3-1-2-4(7)5(3)8;2-1(3)4/h12,14,21H,1-11H2,(H,18,24)(H,22,23)(H2,19,20,25);8H,1-2H2;(H2,2,3,4)/t12-,14-,17-;;/m0../s1. The lowest BCUT2D eigenvalue weighted by Crippen LogP contribution is -2.56. The fourth-order valence-electron chi connectivity index (χ4n) is 4.16. The van der Waals surface area contributed by atoms with Crippen molar-refractivity contribution in [1.82, 2.24) is 21.0 Å². The monoisotopic (exact) mass is 564 g/mol. The third-order valence-corrected chi connectivity index (χ3v) is 7.68. The van der Waals surface area contributed by atoms with Crippen LogP contribution in [0.25, 0.3) is 0 Å². The van der Waals surface area contributed by atoms with Crippen LogP contribution in [0.15, 0.2) is 0 Å². The van der Waals surface area contributed by atoms with Crippen molar-refractivity contribution in [1.29, 1.82) is 0 Å². The number of nitrogens with one attached hydrogen (secondary N) is 3. The number of carbonyl (C=O) groups is 6. The van der Waals surface area contributed by atoms with Gasteiger partial charge in [-0.3, -0.25) is 24.4 Å². The largest absolute Gasteiger partial charge is 0.503 e. The molecular weight excluding hydrogens is 528 g/mol. The number of aliphatic carboxylic acids is 1. The van der Waals surface area contributed by atoms with Gasteiger partial charge in [-0.1, -0.05) is 19.3 Å². The van der Waals surface area contributed by atoms with E-state index in [1.807, 2.05) is 0 Å². The number of aliphatic hydroxyl groups excluding tert-OH is 1. The van der Waals surface area contributed by atoms with Gasteiger partial charge in [-0.15, -0.1) is 11.8 Å². The van der Waals surface area contributed by atoms with E-state index in [1.54, 1.807) is 11.8 Å². The minimum atomic E-state index is -1.83. The Morgan fingerprint density at radius 1 is 0.947 bits per heavy atom. The number of urea groups is 1. The van der Waals surface area contributed by atoms with Gasteiger partial charge >= 0.3 is 18.2 Å². The van der Waals surface area contributed by atoms with Crippen molar-refractivity contribution in [3.63, 3.8) is 0 Å². The molecule has 3 aliphatic heterocycles. The summed E-state index contributed by atoms with van der Waals surface area (Å²) in [6.07, 6.45) is 3.76. The summed E-state index contributed by atoms with van der Waals surface area (Å²) < 4.78 is -0.743. The van der Waals surface area contributed by atoms with Crippen LogP contribution < -0.4 is 16.0 Å². The van der Waals surface area contributed by atoms with Crippen LogP contribution in [0.3, 0.4) is 0 Å². The molecule has 16 heteroatoms. The molecule has 3 aliphatic rings. The van der Waals surface area contributed by atoms with Gasteiger partial charge in [0, 0.05) is 38.2 Å².